The Kier molecular flexibility index (Phi) is 4.80. The zero-order chi connectivity index (χ0) is 17.3. The average molecular weight is 361 g/mol. The van der Waals surface area contributed by atoms with Crippen molar-refractivity contribution in [1.29, 1.82) is 0 Å². The molecule has 0 saturated heterocycles. The first-order chi connectivity index (χ1) is 11.4. The van der Waals surface area contributed by atoms with Crippen LogP contribution in [0, 0.1) is 6.92 Å². The molecular formula is C17H17ClN4OS. The predicted octanol–water partition coefficient (Wildman–Crippen LogP) is 3.97. The van der Waals surface area contributed by atoms with E-state index in [0.717, 1.165) is 21.5 Å². The third-order valence-corrected chi connectivity index (χ3v) is 4.79. The van der Waals surface area contributed by atoms with Crippen molar-refractivity contribution in [1.82, 2.24) is 14.3 Å². The molecule has 0 aliphatic heterocycles. The summed E-state index contributed by atoms with van der Waals surface area (Å²) in [5, 5.41) is 4.50. The van der Waals surface area contributed by atoms with Gasteiger partial charge in [0.05, 0.1) is 11.3 Å². The molecule has 2 aromatic heterocycles. The fourth-order valence-electron chi connectivity index (χ4n) is 2.39. The third kappa shape index (κ3) is 3.56. The van der Waals surface area contributed by atoms with Crippen molar-refractivity contribution in [2.45, 2.75) is 13.5 Å². The van der Waals surface area contributed by atoms with Crippen LogP contribution in [0.2, 0.25) is 5.02 Å². The highest BCUT2D eigenvalue weighted by molar-refractivity contribution is 7.12. The van der Waals surface area contributed by atoms with Crippen LogP contribution in [-0.2, 0) is 6.54 Å². The number of nitrogens with one attached hydrogen (secondary N) is 1. The number of halogens is 1. The Labute approximate surface area is 149 Å². The summed E-state index contributed by atoms with van der Waals surface area (Å²) in [6, 6.07) is 7.31. The van der Waals surface area contributed by atoms with E-state index in [-0.39, 0.29) is 5.91 Å². The minimum absolute atomic E-state index is 0.201. The van der Waals surface area contributed by atoms with Gasteiger partial charge in [0.25, 0.3) is 5.91 Å². The lowest BCUT2D eigenvalue weighted by atomic mass is 10.1. The van der Waals surface area contributed by atoms with Gasteiger partial charge in [-0.25, -0.2) is 4.98 Å². The van der Waals surface area contributed by atoms with E-state index in [1.807, 2.05) is 38.1 Å². The molecule has 3 aromatic rings. The summed E-state index contributed by atoms with van der Waals surface area (Å²) in [5.74, 6) is -0.201. The molecule has 124 valence electrons. The van der Waals surface area contributed by atoms with Gasteiger partial charge in [-0.15, -0.1) is 0 Å². The summed E-state index contributed by atoms with van der Waals surface area (Å²) in [6.07, 6.45) is 1.58. The second-order valence-corrected chi connectivity index (χ2v) is 7.00. The van der Waals surface area contributed by atoms with Gasteiger partial charge in [-0.1, -0.05) is 11.6 Å². The summed E-state index contributed by atoms with van der Waals surface area (Å²) in [7, 11) is 3.94. The van der Waals surface area contributed by atoms with Gasteiger partial charge in [0.1, 0.15) is 4.83 Å². The first-order valence-electron chi connectivity index (χ1n) is 7.40. The quantitative estimate of drug-likeness (QED) is 0.764. The lowest BCUT2D eigenvalue weighted by molar-refractivity contribution is 0.102. The van der Waals surface area contributed by atoms with E-state index in [2.05, 4.69) is 14.7 Å². The van der Waals surface area contributed by atoms with E-state index >= 15 is 0 Å². The number of rotatable bonds is 4. The predicted molar refractivity (Wildman–Crippen MR) is 98.9 cm³/mol. The van der Waals surface area contributed by atoms with Gasteiger partial charge in [0.15, 0.2) is 0 Å². The van der Waals surface area contributed by atoms with Crippen molar-refractivity contribution >= 4 is 44.9 Å². The molecule has 1 N–H and O–H groups in total. The van der Waals surface area contributed by atoms with Gasteiger partial charge in [-0.05, 0) is 62.4 Å². The number of nitrogens with zero attached hydrogens (tertiary/aromatic N) is 3. The molecule has 5 nitrogen and oxygen atoms in total. The molecular weight excluding hydrogens is 344 g/mol. The molecule has 1 aromatic carbocycles. The van der Waals surface area contributed by atoms with E-state index in [1.54, 1.807) is 18.3 Å². The highest BCUT2D eigenvalue weighted by Crippen LogP contribution is 2.24. The topological polar surface area (TPSA) is 58.1 Å². The van der Waals surface area contributed by atoms with E-state index in [0.29, 0.717) is 22.8 Å². The van der Waals surface area contributed by atoms with E-state index in [9.17, 15) is 4.79 Å². The highest BCUT2D eigenvalue weighted by atomic mass is 35.5. The van der Waals surface area contributed by atoms with Crippen LogP contribution < -0.4 is 5.32 Å². The van der Waals surface area contributed by atoms with Gasteiger partial charge < -0.3 is 10.2 Å². The molecule has 0 unspecified atom stereocenters. The maximum Gasteiger partial charge on any atom is 0.257 e. The molecule has 3 rings (SSSR count). The number of carbonyl (C=O) groups is 1. The molecule has 0 bridgehead atoms. The lowest BCUT2D eigenvalue weighted by Crippen LogP contribution is -2.14. The maximum atomic E-state index is 12.5. The molecule has 0 fully saturated rings. The number of fused-ring (bicyclic) bond motifs is 1. The van der Waals surface area contributed by atoms with Crippen LogP contribution in [-0.4, -0.2) is 34.3 Å². The van der Waals surface area contributed by atoms with Gasteiger partial charge in [0, 0.05) is 28.8 Å². The van der Waals surface area contributed by atoms with E-state index in [4.69, 9.17) is 11.6 Å². The third-order valence-electron chi connectivity index (χ3n) is 3.56. The minimum Gasteiger partial charge on any atom is -0.322 e. The molecule has 0 aliphatic rings. The summed E-state index contributed by atoms with van der Waals surface area (Å²) in [6.45, 7) is 2.62. The number of aryl methyl sites for hydroxylation is 1. The van der Waals surface area contributed by atoms with Gasteiger partial charge in [0.2, 0.25) is 0 Å². The van der Waals surface area contributed by atoms with Crippen molar-refractivity contribution in [2.24, 2.45) is 0 Å². The van der Waals surface area contributed by atoms with Crippen LogP contribution in [0.4, 0.5) is 5.69 Å². The van der Waals surface area contributed by atoms with Crippen LogP contribution >= 0.6 is 23.1 Å². The Hall–Kier alpha value is -2.02. The Bertz CT molecular complexity index is 907. The number of pyridine rings is 1. The van der Waals surface area contributed by atoms with Crippen molar-refractivity contribution in [3.63, 3.8) is 0 Å². The normalized spacial score (nSPS) is 11.2. The van der Waals surface area contributed by atoms with Crippen molar-refractivity contribution in [3.8, 4) is 0 Å². The summed E-state index contributed by atoms with van der Waals surface area (Å²) in [5.41, 5.74) is 3.07. The largest absolute Gasteiger partial charge is 0.322 e. The number of hydrogen-bond acceptors (Lipinski definition) is 5. The zero-order valence-corrected chi connectivity index (χ0v) is 15.2. The highest BCUT2D eigenvalue weighted by Gasteiger charge is 2.12. The number of carbonyl (C=O) groups excluding carboxylic acids is 1. The first-order valence-corrected chi connectivity index (χ1v) is 8.55. The second-order valence-electron chi connectivity index (χ2n) is 5.84. The number of hydrogen-bond donors (Lipinski definition) is 1. The molecule has 2 heterocycles. The molecule has 0 saturated carbocycles. The molecule has 0 aliphatic carbocycles. The lowest BCUT2D eigenvalue weighted by Gasteiger charge is -2.13. The van der Waals surface area contributed by atoms with Gasteiger partial charge in [-0.3, -0.25) is 4.79 Å². The monoisotopic (exact) mass is 360 g/mol. The Morgan fingerprint density at radius 1 is 1.33 bits per heavy atom. The van der Waals surface area contributed by atoms with E-state index < -0.39 is 0 Å². The van der Waals surface area contributed by atoms with Crippen LogP contribution in [0.15, 0.2) is 30.5 Å². The Morgan fingerprint density at radius 3 is 2.88 bits per heavy atom. The maximum absolute atomic E-state index is 12.5. The zero-order valence-electron chi connectivity index (χ0n) is 13.6. The summed E-state index contributed by atoms with van der Waals surface area (Å²) in [4.78, 5) is 19.7. The molecule has 0 radical (unpaired) electrons. The number of anilines is 1. The van der Waals surface area contributed by atoms with Gasteiger partial charge >= 0.3 is 0 Å². The first kappa shape index (κ1) is 16.8. The Balaban J connectivity index is 1.84. The van der Waals surface area contributed by atoms with Crippen LogP contribution in [0.25, 0.3) is 10.2 Å². The smallest absolute Gasteiger partial charge is 0.257 e. The minimum atomic E-state index is -0.201. The van der Waals surface area contributed by atoms with E-state index in [1.165, 1.54) is 11.5 Å². The number of aromatic nitrogens is 2. The van der Waals surface area contributed by atoms with Crippen LogP contribution in [0.1, 0.15) is 21.6 Å². The average Bonchev–Trinajstić information content (AvgIpc) is 2.91. The number of benzene rings is 1. The summed E-state index contributed by atoms with van der Waals surface area (Å²) >= 11 is 7.54. The van der Waals surface area contributed by atoms with Crippen molar-refractivity contribution in [2.75, 3.05) is 19.4 Å². The van der Waals surface area contributed by atoms with Crippen molar-refractivity contribution < 1.29 is 4.79 Å². The molecule has 0 atom stereocenters. The molecule has 24 heavy (non-hydrogen) atoms. The second kappa shape index (κ2) is 6.84. The molecule has 7 heteroatoms. The van der Waals surface area contributed by atoms with Crippen LogP contribution in [0.3, 0.4) is 0 Å². The number of amides is 1. The van der Waals surface area contributed by atoms with Gasteiger partial charge in [-0.2, -0.15) is 4.37 Å². The fourth-order valence-corrected chi connectivity index (χ4v) is 3.29. The van der Waals surface area contributed by atoms with Crippen molar-refractivity contribution in [3.05, 3.63) is 52.3 Å². The summed E-state index contributed by atoms with van der Waals surface area (Å²) < 4.78 is 4.26. The molecule has 1 amide bonds. The Morgan fingerprint density at radius 2 is 2.12 bits per heavy atom. The fraction of sp³-hybridized carbons (Fsp3) is 0.235. The standard InChI is InChI=1S/C17H17ClN4OS/c1-10-14-7-11(8-19-17(14)24-21-10)16(23)20-13-4-5-15(18)12(6-13)9-22(2)3/h4-8H,9H2,1-3H3,(H,20,23). The van der Waals surface area contributed by atoms with Crippen LogP contribution in [0.5, 0.6) is 0 Å². The molecule has 0 spiro atoms. The SMILES string of the molecule is Cc1nsc2ncc(C(=O)Nc3ccc(Cl)c(CN(C)C)c3)cc12.